The van der Waals surface area contributed by atoms with Gasteiger partial charge in [-0.15, -0.1) is 0 Å². The molecule has 0 atom stereocenters. The van der Waals surface area contributed by atoms with E-state index in [0.29, 0.717) is 21.5 Å². The summed E-state index contributed by atoms with van der Waals surface area (Å²) in [6.45, 7) is 3.65. The van der Waals surface area contributed by atoms with E-state index in [1.54, 1.807) is 30.3 Å². The lowest BCUT2D eigenvalue weighted by Gasteiger charge is -2.09. The number of benzene rings is 2. The van der Waals surface area contributed by atoms with Gasteiger partial charge >= 0.3 is 5.97 Å². The first-order valence-corrected chi connectivity index (χ1v) is 7.06. The molecule has 0 N–H and O–H groups in total. The Morgan fingerprint density at radius 2 is 1.71 bits per heavy atom. The van der Waals surface area contributed by atoms with Crippen LogP contribution in [0.2, 0.25) is 10.0 Å². The molecule has 3 nitrogen and oxygen atoms in total. The van der Waals surface area contributed by atoms with Crippen molar-refractivity contribution < 1.29 is 14.3 Å². The molecular weight excluding hydrogens is 311 g/mol. The molecule has 0 amide bonds. The second-order valence-corrected chi connectivity index (χ2v) is 5.50. The van der Waals surface area contributed by atoms with Gasteiger partial charge in [-0.2, -0.15) is 0 Å². The predicted molar refractivity (Wildman–Crippen MR) is 83.5 cm³/mol. The highest BCUT2D eigenvalue weighted by atomic mass is 35.5. The maximum atomic E-state index is 11.8. The summed E-state index contributed by atoms with van der Waals surface area (Å²) in [6, 6.07) is 10.4. The third-order valence-corrected chi connectivity index (χ3v) is 3.20. The minimum atomic E-state index is -0.494. The monoisotopic (exact) mass is 324 g/mol. The summed E-state index contributed by atoms with van der Waals surface area (Å²) in [4.78, 5) is 11.8. The lowest BCUT2D eigenvalue weighted by Crippen LogP contribution is -2.17. The number of ether oxygens (including phenoxy) is 2. The molecule has 0 aliphatic rings. The predicted octanol–water partition coefficient (Wildman–Crippen LogP) is 4.59. The highest BCUT2D eigenvalue weighted by molar-refractivity contribution is 6.35. The van der Waals surface area contributed by atoms with Crippen LogP contribution >= 0.6 is 23.2 Å². The third kappa shape index (κ3) is 4.66. The van der Waals surface area contributed by atoms with Gasteiger partial charge in [0.2, 0.25) is 0 Å². The first-order chi connectivity index (χ1) is 9.94. The first-order valence-electron chi connectivity index (χ1n) is 6.31. The molecule has 0 fully saturated rings. The summed E-state index contributed by atoms with van der Waals surface area (Å²) in [6.07, 6.45) is 0. The van der Waals surface area contributed by atoms with E-state index in [4.69, 9.17) is 32.7 Å². The summed E-state index contributed by atoms with van der Waals surface area (Å²) >= 11 is 11.7. The lowest BCUT2D eigenvalue weighted by molar-refractivity contribution is -0.136. The molecule has 21 heavy (non-hydrogen) atoms. The molecule has 2 rings (SSSR count). The summed E-state index contributed by atoms with van der Waals surface area (Å²) in [5.74, 6) is 0.396. The molecule has 0 radical (unpaired) electrons. The van der Waals surface area contributed by atoms with Crippen LogP contribution in [0, 0.1) is 13.8 Å². The van der Waals surface area contributed by atoms with E-state index in [2.05, 4.69) is 0 Å². The minimum Gasteiger partial charge on any atom is -0.480 e. The number of rotatable bonds is 4. The van der Waals surface area contributed by atoms with Gasteiger partial charge in [0.25, 0.3) is 0 Å². The number of esters is 1. The molecule has 0 aliphatic carbocycles. The van der Waals surface area contributed by atoms with Crippen LogP contribution in [0.15, 0.2) is 36.4 Å². The second kappa shape index (κ2) is 6.83. The van der Waals surface area contributed by atoms with Gasteiger partial charge in [0.05, 0.1) is 5.02 Å². The van der Waals surface area contributed by atoms with Crippen molar-refractivity contribution in [1.82, 2.24) is 0 Å². The van der Waals surface area contributed by atoms with Crippen molar-refractivity contribution in [3.8, 4) is 11.5 Å². The van der Waals surface area contributed by atoms with Gasteiger partial charge in [-0.25, -0.2) is 4.79 Å². The van der Waals surface area contributed by atoms with Crippen LogP contribution in [0.3, 0.4) is 0 Å². The number of hydrogen-bond acceptors (Lipinski definition) is 3. The maximum absolute atomic E-state index is 11.8. The molecule has 5 heteroatoms. The fraction of sp³-hybridized carbons (Fsp3) is 0.188. The van der Waals surface area contributed by atoms with E-state index in [9.17, 15) is 4.79 Å². The Hall–Kier alpha value is -1.71. The average Bonchev–Trinajstić information content (AvgIpc) is 2.36. The zero-order valence-corrected chi connectivity index (χ0v) is 13.2. The van der Waals surface area contributed by atoms with Crippen LogP contribution in [-0.4, -0.2) is 12.6 Å². The molecule has 2 aromatic carbocycles. The molecule has 110 valence electrons. The van der Waals surface area contributed by atoms with E-state index in [1.165, 1.54) is 0 Å². The van der Waals surface area contributed by atoms with Crippen LogP contribution < -0.4 is 9.47 Å². The van der Waals surface area contributed by atoms with Gasteiger partial charge in [-0.1, -0.05) is 29.3 Å². The topological polar surface area (TPSA) is 35.5 Å². The molecule has 0 heterocycles. The maximum Gasteiger partial charge on any atom is 0.349 e. The third-order valence-electron chi connectivity index (χ3n) is 2.67. The van der Waals surface area contributed by atoms with Crippen LogP contribution in [0.5, 0.6) is 11.5 Å². The van der Waals surface area contributed by atoms with Gasteiger partial charge in [0.15, 0.2) is 6.61 Å². The summed E-state index contributed by atoms with van der Waals surface area (Å²) in [7, 11) is 0. The van der Waals surface area contributed by atoms with Gasteiger partial charge in [0.1, 0.15) is 11.5 Å². The quantitative estimate of drug-likeness (QED) is 0.609. The van der Waals surface area contributed by atoms with Crippen molar-refractivity contribution in [2.75, 3.05) is 6.61 Å². The molecular formula is C16H14Cl2O3. The van der Waals surface area contributed by atoms with E-state index in [0.717, 1.165) is 11.1 Å². The van der Waals surface area contributed by atoms with Crippen molar-refractivity contribution >= 4 is 29.2 Å². The minimum absolute atomic E-state index is 0.228. The van der Waals surface area contributed by atoms with E-state index >= 15 is 0 Å². The molecule has 2 aromatic rings. The molecule has 0 aromatic heterocycles. The SMILES string of the molecule is Cc1cc(C)cc(OC(=O)COc2ccc(Cl)cc2Cl)c1. The van der Waals surface area contributed by atoms with Crippen molar-refractivity contribution in [2.45, 2.75) is 13.8 Å². The average molecular weight is 325 g/mol. The molecule has 0 aliphatic heterocycles. The Morgan fingerprint density at radius 3 is 2.33 bits per heavy atom. The van der Waals surface area contributed by atoms with Gasteiger partial charge in [-0.05, 0) is 55.3 Å². The summed E-state index contributed by atoms with van der Waals surface area (Å²) in [5.41, 5.74) is 2.05. The van der Waals surface area contributed by atoms with Crippen LogP contribution in [0.4, 0.5) is 0 Å². The second-order valence-electron chi connectivity index (χ2n) is 4.66. The Labute approximate surface area is 133 Å². The number of carbonyl (C=O) groups excluding carboxylic acids is 1. The van der Waals surface area contributed by atoms with Crippen molar-refractivity contribution in [2.24, 2.45) is 0 Å². The zero-order chi connectivity index (χ0) is 15.4. The number of aryl methyl sites for hydroxylation is 2. The lowest BCUT2D eigenvalue weighted by atomic mass is 10.1. The Morgan fingerprint density at radius 1 is 1.05 bits per heavy atom. The summed E-state index contributed by atoms with van der Waals surface area (Å²) < 4.78 is 10.5. The standard InChI is InChI=1S/C16H14Cl2O3/c1-10-5-11(2)7-13(6-10)21-16(19)9-20-15-4-3-12(17)8-14(15)18/h3-8H,9H2,1-2H3. The van der Waals surface area contributed by atoms with Gasteiger partial charge in [0, 0.05) is 5.02 Å². The van der Waals surface area contributed by atoms with Crippen molar-refractivity contribution in [3.05, 3.63) is 57.6 Å². The van der Waals surface area contributed by atoms with Crippen molar-refractivity contribution in [1.29, 1.82) is 0 Å². The highest BCUT2D eigenvalue weighted by Crippen LogP contribution is 2.27. The van der Waals surface area contributed by atoms with Crippen LogP contribution in [0.1, 0.15) is 11.1 Å². The first kappa shape index (κ1) is 15.7. The van der Waals surface area contributed by atoms with Gasteiger partial charge < -0.3 is 9.47 Å². The highest BCUT2D eigenvalue weighted by Gasteiger charge is 2.09. The summed E-state index contributed by atoms with van der Waals surface area (Å²) in [5, 5.41) is 0.854. The fourth-order valence-corrected chi connectivity index (χ4v) is 2.34. The van der Waals surface area contributed by atoms with Crippen LogP contribution in [-0.2, 0) is 4.79 Å². The van der Waals surface area contributed by atoms with Crippen LogP contribution in [0.25, 0.3) is 0 Å². The zero-order valence-electron chi connectivity index (χ0n) is 11.7. The number of carbonyl (C=O) groups is 1. The smallest absolute Gasteiger partial charge is 0.349 e. The van der Waals surface area contributed by atoms with E-state index in [-0.39, 0.29) is 6.61 Å². The fourth-order valence-electron chi connectivity index (χ4n) is 1.88. The number of halogens is 2. The van der Waals surface area contributed by atoms with E-state index in [1.807, 2.05) is 19.9 Å². The number of hydrogen-bond donors (Lipinski definition) is 0. The molecule has 0 saturated carbocycles. The Bertz CT molecular complexity index is 648. The Kier molecular flexibility index (Phi) is 5.10. The Balaban J connectivity index is 1.95. The molecule has 0 spiro atoms. The van der Waals surface area contributed by atoms with E-state index < -0.39 is 5.97 Å². The van der Waals surface area contributed by atoms with Gasteiger partial charge in [-0.3, -0.25) is 0 Å². The molecule has 0 bridgehead atoms. The normalized spacial score (nSPS) is 10.3. The largest absolute Gasteiger partial charge is 0.480 e. The molecule has 0 saturated heterocycles. The van der Waals surface area contributed by atoms with Crippen molar-refractivity contribution in [3.63, 3.8) is 0 Å². The molecule has 0 unspecified atom stereocenters.